The van der Waals surface area contributed by atoms with Crippen LogP contribution in [0.15, 0.2) is 0 Å². The fourth-order valence-corrected chi connectivity index (χ4v) is 3.64. The van der Waals surface area contributed by atoms with Crippen LogP contribution in [0.25, 0.3) is 0 Å². The third-order valence-electron chi connectivity index (χ3n) is 1.67. The third-order valence-corrected chi connectivity index (χ3v) is 4.21. The van der Waals surface area contributed by atoms with Crippen molar-refractivity contribution in [2.45, 2.75) is 38.6 Å². The second-order valence-corrected chi connectivity index (χ2v) is 7.48. The average molecular weight is 130 g/mol. The number of hydrogen-bond donors (Lipinski definition) is 0. The van der Waals surface area contributed by atoms with Crippen LogP contribution in [0, 0.1) is 0 Å². The van der Waals surface area contributed by atoms with Crippen LogP contribution in [0.3, 0.4) is 0 Å². The highest BCUT2D eigenvalue weighted by Gasteiger charge is 2.31. The average Bonchev–Trinajstić information content (AvgIpc) is 1.82. The zero-order chi connectivity index (χ0) is 6.20. The molecule has 1 heterocycles. The summed E-state index contributed by atoms with van der Waals surface area (Å²) in [6.45, 7) is 6.74. The molecule has 0 saturated carbocycles. The molecular formula is C6H14OSi. The number of rotatable bonds is 0. The summed E-state index contributed by atoms with van der Waals surface area (Å²) in [5, 5.41) is 0. The van der Waals surface area contributed by atoms with Gasteiger partial charge < -0.3 is 4.43 Å². The van der Waals surface area contributed by atoms with E-state index in [2.05, 4.69) is 20.0 Å². The van der Waals surface area contributed by atoms with E-state index in [0.717, 1.165) is 0 Å². The molecule has 1 fully saturated rings. The highest BCUT2D eigenvalue weighted by molar-refractivity contribution is 6.71. The maximum absolute atomic E-state index is 5.69. The largest absolute Gasteiger partial charge is 0.415 e. The van der Waals surface area contributed by atoms with Gasteiger partial charge in [0.2, 0.25) is 0 Å². The molecule has 0 aromatic carbocycles. The lowest BCUT2D eigenvalue weighted by Crippen LogP contribution is -2.24. The van der Waals surface area contributed by atoms with Crippen LogP contribution in [0.4, 0.5) is 0 Å². The van der Waals surface area contributed by atoms with Crippen LogP contribution < -0.4 is 0 Å². The van der Waals surface area contributed by atoms with E-state index < -0.39 is 8.32 Å². The second-order valence-electron chi connectivity index (χ2n) is 3.23. The van der Waals surface area contributed by atoms with Crippen LogP contribution in [-0.2, 0) is 4.43 Å². The number of hydrogen-bond acceptors (Lipinski definition) is 1. The first-order valence-electron chi connectivity index (χ1n) is 3.28. The lowest BCUT2D eigenvalue weighted by molar-refractivity contribution is 0.246. The Morgan fingerprint density at radius 2 is 2.12 bits per heavy atom. The van der Waals surface area contributed by atoms with Crippen LogP contribution >= 0.6 is 0 Å². The minimum absolute atomic E-state index is 0.552. The van der Waals surface area contributed by atoms with E-state index in [1.54, 1.807) is 0 Å². The molecule has 2 heteroatoms. The molecule has 1 saturated heterocycles. The lowest BCUT2D eigenvalue weighted by Gasteiger charge is -2.13. The van der Waals surface area contributed by atoms with E-state index in [4.69, 9.17) is 4.43 Å². The highest BCUT2D eigenvalue weighted by Crippen LogP contribution is 2.26. The van der Waals surface area contributed by atoms with Gasteiger partial charge in [0.25, 0.3) is 0 Å². The maximum atomic E-state index is 5.69. The first-order chi connectivity index (χ1) is 3.60. The van der Waals surface area contributed by atoms with Crippen molar-refractivity contribution in [1.29, 1.82) is 0 Å². The van der Waals surface area contributed by atoms with Crippen LogP contribution in [0.1, 0.15) is 13.3 Å². The molecule has 1 rings (SSSR count). The Morgan fingerprint density at radius 1 is 1.50 bits per heavy atom. The summed E-state index contributed by atoms with van der Waals surface area (Å²) in [7, 11) is -1.10. The Kier molecular flexibility index (Phi) is 1.45. The Hall–Kier alpha value is 0.177. The van der Waals surface area contributed by atoms with E-state index in [0.29, 0.717) is 6.10 Å². The molecule has 1 unspecified atom stereocenters. The molecule has 0 bridgehead atoms. The van der Waals surface area contributed by atoms with E-state index in [1.165, 1.54) is 12.5 Å². The predicted octanol–water partition coefficient (Wildman–Crippen LogP) is 2.00. The maximum Gasteiger partial charge on any atom is 0.187 e. The van der Waals surface area contributed by atoms with Gasteiger partial charge in [-0.15, -0.1) is 0 Å². The molecule has 0 aromatic heterocycles. The van der Waals surface area contributed by atoms with E-state index >= 15 is 0 Å². The molecule has 48 valence electrons. The van der Waals surface area contributed by atoms with Crippen molar-refractivity contribution < 1.29 is 4.43 Å². The first kappa shape index (κ1) is 6.30. The lowest BCUT2D eigenvalue weighted by atomic mass is 10.3. The summed E-state index contributed by atoms with van der Waals surface area (Å²) >= 11 is 0. The van der Waals surface area contributed by atoms with Crippen molar-refractivity contribution >= 4 is 8.32 Å². The van der Waals surface area contributed by atoms with Gasteiger partial charge in [-0.25, -0.2) is 0 Å². The Morgan fingerprint density at radius 3 is 2.25 bits per heavy atom. The van der Waals surface area contributed by atoms with Gasteiger partial charge in [-0.2, -0.15) is 0 Å². The van der Waals surface area contributed by atoms with Gasteiger partial charge in [-0.1, -0.05) is 0 Å². The molecule has 1 aliphatic rings. The smallest absolute Gasteiger partial charge is 0.187 e. The van der Waals surface area contributed by atoms with Gasteiger partial charge in [0.15, 0.2) is 8.32 Å². The fourth-order valence-electron chi connectivity index (χ4n) is 1.21. The van der Waals surface area contributed by atoms with Gasteiger partial charge in [-0.05, 0) is 32.5 Å². The normalized spacial score (nSPS) is 35.6. The highest BCUT2D eigenvalue weighted by atomic mass is 28.4. The summed E-state index contributed by atoms with van der Waals surface area (Å²) in [6.07, 6.45) is 1.84. The van der Waals surface area contributed by atoms with Gasteiger partial charge in [0.05, 0.1) is 0 Å². The fraction of sp³-hybridized carbons (Fsp3) is 1.00. The van der Waals surface area contributed by atoms with Crippen molar-refractivity contribution in [3.8, 4) is 0 Å². The minimum atomic E-state index is -1.10. The Bertz CT molecular complexity index is 90.5. The van der Waals surface area contributed by atoms with Crippen molar-refractivity contribution in [1.82, 2.24) is 0 Å². The van der Waals surface area contributed by atoms with Crippen LogP contribution in [0.5, 0.6) is 0 Å². The van der Waals surface area contributed by atoms with E-state index in [1.807, 2.05) is 0 Å². The molecule has 8 heavy (non-hydrogen) atoms. The van der Waals surface area contributed by atoms with Crippen molar-refractivity contribution in [2.75, 3.05) is 0 Å². The molecular weight excluding hydrogens is 116 g/mol. The van der Waals surface area contributed by atoms with Gasteiger partial charge >= 0.3 is 0 Å². The summed E-state index contributed by atoms with van der Waals surface area (Å²) in [6, 6.07) is 1.36. The molecule has 0 amide bonds. The summed E-state index contributed by atoms with van der Waals surface area (Å²) in [4.78, 5) is 0. The SMILES string of the molecule is CC1CC[Si](C)(C)O1. The van der Waals surface area contributed by atoms with Crippen LogP contribution in [0.2, 0.25) is 19.1 Å². The third kappa shape index (κ3) is 1.33. The Balaban J connectivity index is 2.44. The van der Waals surface area contributed by atoms with Gasteiger partial charge in [-0.3, -0.25) is 0 Å². The zero-order valence-electron chi connectivity index (χ0n) is 5.90. The van der Waals surface area contributed by atoms with Crippen molar-refractivity contribution in [3.05, 3.63) is 0 Å². The second kappa shape index (κ2) is 1.85. The molecule has 0 spiro atoms. The summed E-state index contributed by atoms with van der Waals surface area (Å²) in [5.74, 6) is 0. The molecule has 0 radical (unpaired) electrons. The first-order valence-corrected chi connectivity index (χ1v) is 6.39. The van der Waals surface area contributed by atoms with Gasteiger partial charge in [0.1, 0.15) is 0 Å². The molecule has 1 nitrogen and oxygen atoms in total. The van der Waals surface area contributed by atoms with E-state index in [9.17, 15) is 0 Å². The Labute approximate surface area is 52.2 Å². The quantitative estimate of drug-likeness (QED) is 0.456. The van der Waals surface area contributed by atoms with E-state index in [-0.39, 0.29) is 0 Å². The van der Waals surface area contributed by atoms with Crippen molar-refractivity contribution in [2.24, 2.45) is 0 Å². The molecule has 1 aliphatic heterocycles. The molecule has 1 atom stereocenters. The molecule has 0 aliphatic carbocycles. The predicted molar refractivity (Wildman–Crippen MR) is 37.5 cm³/mol. The summed E-state index contributed by atoms with van der Waals surface area (Å²) < 4.78 is 5.69. The van der Waals surface area contributed by atoms with Gasteiger partial charge in [0, 0.05) is 6.10 Å². The monoisotopic (exact) mass is 130 g/mol. The topological polar surface area (TPSA) is 9.23 Å². The zero-order valence-corrected chi connectivity index (χ0v) is 6.90. The van der Waals surface area contributed by atoms with Crippen molar-refractivity contribution in [3.63, 3.8) is 0 Å². The van der Waals surface area contributed by atoms with Crippen LogP contribution in [-0.4, -0.2) is 14.4 Å². The minimum Gasteiger partial charge on any atom is -0.415 e. The summed E-state index contributed by atoms with van der Waals surface area (Å²) in [5.41, 5.74) is 0. The molecule has 0 aromatic rings. The molecule has 0 N–H and O–H groups in total. The standard InChI is InChI=1S/C6H14OSi/c1-6-4-5-8(2,3)7-6/h6H,4-5H2,1-3H3.